The van der Waals surface area contributed by atoms with Gasteiger partial charge in [0.1, 0.15) is 11.6 Å². The van der Waals surface area contributed by atoms with Crippen molar-refractivity contribution in [3.8, 4) is 0 Å². The second-order valence-electron chi connectivity index (χ2n) is 8.93. The second-order valence-corrected chi connectivity index (χ2v) is 8.93. The normalized spacial score (nSPS) is 21.7. The molecule has 2 aliphatic rings. The van der Waals surface area contributed by atoms with Gasteiger partial charge in [-0.05, 0) is 53.8 Å². The van der Waals surface area contributed by atoms with Gasteiger partial charge in [-0.25, -0.2) is 13.9 Å². The van der Waals surface area contributed by atoms with Crippen LogP contribution in [-0.4, -0.2) is 38.3 Å². The number of fused-ring (bicyclic) bond motifs is 2. The molecule has 1 fully saturated rings. The number of anilines is 1. The highest BCUT2D eigenvalue weighted by Crippen LogP contribution is 2.35. The molecule has 0 spiro atoms. The number of benzene rings is 2. The number of amides is 1. The SMILES string of the molecule is O=C(NC1c2ccccc2C[C@H]1O)c1cnc2ccc(N3CCC[C@@H]3c3cccc(F)c3)nn12. The first kappa shape index (κ1) is 20.8. The summed E-state index contributed by atoms with van der Waals surface area (Å²) in [5, 5.41) is 18.2. The molecular weight excluding hydrogens is 433 g/mol. The van der Waals surface area contributed by atoms with Gasteiger partial charge in [0.15, 0.2) is 11.3 Å². The zero-order valence-corrected chi connectivity index (χ0v) is 18.4. The minimum Gasteiger partial charge on any atom is -0.390 e. The Morgan fingerprint density at radius 1 is 1.12 bits per heavy atom. The average molecular weight is 458 g/mol. The van der Waals surface area contributed by atoms with Gasteiger partial charge in [0, 0.05) is 13.0 Å². The van der Waals surface area contributed by atoms with Gasteiger partial charge in [-0.2, -0.15) is 0 Å². The summed E-state index contributed by atoms with van der Waals surface area (Å²) in [6, 6.07) is 17.7. The van der Waals surface area contributed by atoms with Crippen LogP contribution < -0.4 is 10.2 Å². The summed E-state index contributed by atoms with van der Waals surface area (Å²) in [5.41, 5.74) is 3.74. The topological polar surface area (TPSA) is 82.8 Å². The second kappa shape index (κ2) is 8.22. The number of hydrogen-bond acceptors (Lipinski definition) is 5. The lowest BCUT2D eigenvalue weighted by Gasteiger charge is -2.26. The van der Waals surface area contributed by atoms with Gasteiger partial charge < -0.3 is 15.3 Å². The van der Waals surface area contributed by atoms with Crippen molar-refractivity contribution in [1.82, 2.24) is 19.9 Å². The molecular formula is C26H24FN5O2. The Labute approximate surface area is 195 Å². The number of nitrogens with zero attached hydrogens (tertiary/aromatic N) is 4. The van der Waals surface area contributed by atoms with Crippen molar-refractivity contribution in [3.63, 3.8) is 0 Å². The van der Waals surface area contributed by atoms with Gasteiger partial charge >= 0.3 is 0 Å². The van der Waals surface area contributed by atoms with Crippen LogP contribution in [0, 0.1) is 5.82 Å². The molecule has 1 aliphatic carbocycles. The molecule has 0 bridgehead atoms. The van der Waals surface area contributed by atoms with E-state index in [1.807, 2.05) is 42.5 Å². The number of aliphatic hydroxyl groups excluding tert-OH is 1. The predicted octanol–water partition coefficient (Wildman–Crippen LogP) is 3.60. The largest absolute Gasteiger partial charge is 0.390 e. The van der Waals surface area contributed by atoms with E-state index < -0.39 is 12.1 Å². The zero-order chi connectivity index (χ0) is 23.2. The van der Waals surface area contributed by atoms with E-state index in [0.29, 0.717) is 23.6 Å². The van der Waals surface area contributed by atoms with Crippen LogP contribution in [0.25, 0.3) is 5.65 Å². The van der Waals surface area contributed by atoms with Gasteiger partial charge in [-0.3, -0.25) is 4.79 Å². The molecule has 2 N–H and O–H groups in total. The van der Waals surface area contributed by atoms with Gasteiger partial charge in [0.2, 0.25) is 0 Å². The molecule has 2 aromatic carbocycles. The molecule has 8 heteroatoms. The van der Waals surface area contributed by atoms with E-state index >= 15 is 0 Å². The Balaban J connectivity index is 1.30. The summed E-state index contributed by atoms with van der Waals surface area (Å²) < 4.78 is 15.4. The molecule has 2 aromatic heterocycles. The number of carbonyl (C=O) groups is 1. The average Bonchev–Trinajstić information content (AvgIpc) is 3.56. The van der Waals surface area contributed by atoms with Crippen LogP contribution in [0.4, 0.5) is 10.2 Å². The number of nitrogens with one attached hydrogen (secondary N) is 1. The van der Waals surface area contributed by atoms with E-state index in [9.17, 15) is 14.3 Å². The van der Waals surface area contributed by atoms with E-state index in [-0.39, 0.29) is 17.8 Å². The van der Waals surface area contributed by atoms with Crippen molar-refractivity contribution < 1.29 is 14.3 Å². The smallest absolute Gasteiger partial charge is 0.272 e. The number of rotatable bonds is 4. The Bertz CT molecular complexity index is 1390. The summed E-state index contributed by atoms with van der Waals surface area (Å²) in [7, 11) is 0. The number of aromatic nitrogens is 3. The Kier molecular flexibility index (Phi) is 5.03. The maximum Gasteiger partial charge on any atom is 0.272 e. The molecule has 3 heterocycles. The van der Waals surface area contributed by atoms with Crippen LogP contribution in [0.5, 0.6) is 0 Å². The maximum absolute atomic E-state index is 13.8. The monoisotopic (exact) mass is 457 g/mol. The van der Waals surface area contributed by atoms with Crippen LogP contribution in [0.1, 0.15) is 52.1 Å². The Morgan fingerprint density at radius 3 is 2.88 bits per heavy atom. The highest BCUT2D eigenvalue weighted by atomic mass is 19.1. The molecule has 1 saturated heterocycles. The van der Waals surface area contributed by atoms with Crippen LogP contribution >= 0.6 is 0 Å². The Hall–Kier alpha value is -3.78. The molecule has 6 rings (SSSR count). The first-order valence-corrected chi connectivity index (χ1v) is 11.5. The molecule has 34 heavy (non-hydrogen) atoms. The molecule has 1 aliphatic heterocycles. The highest BCUT2D eigenvalue weighted by molar-refractivity contribution is 5.93. The van der Waals surface area contributed by atoms with E-state index in [1.54, 1.807) is 16.6 Å². The molecule has 1 unspecified atom stereocenters. The number of carbonyl (C=O) groups excluding carboxylic acids is 1. The fourth-order valence-electron chi connectivity index (χ4n) is 5.24. The van der Waals surface area contributed by atoms with E-state index in [4.69, 9.17) is 5.10 Å². The summed E-state index contributed by atoms with van der Waals surface area (Å²) in [5.74, 6) is 0.107. The zero-order valence-electron chi connectivity index (χ0n) is 18.4. The standard InChI is InChI=1S/C26H24FN5O2/c27-18-7-3-6-17(13-18)20-9-4-12-31(20)24-11-10-23-28-15-21(32(23)30-24)26(34)29-25-19-8-2-1-5-16(19)14-22(25)33/h1-3,5-8,10-11,13,15,20,22,25,33H,4,9,12,14H2,(H,29,34)/t20-,22-,25?/m1/s1. The lowest BCUT2D eigenvalue weighted by Crippen LogP contribution is -2.34. The predicted molar refractivity (Wildman–Crippen MR) is 125 cm³/mol. The number of aliphatic hydroxyl groups is 1. The van der Waals surface area contributed by atoms with Crippen molar-refractivity contribution in [2.45, 2.75) is 37.5 Å². The molecule has 0 radical (unpaired) electrons. The lowest BCUT2D eigenvalue weighted by atomic mass is 10.0. The summed E-state index contributed by atoms with van der Waals surface area (Å²) in [6.45, 7) is 0.793. The minimum atomic E-state index is -0.680. The number of imidazole rings is 1. The third-order valence-corrected chi connectivity index (χ3v) is 6.85. The highest BCUT2D eigenvalue weighted by Gasteiger charge is 2.33. The summed E-state index contributed by atoms with van der Waals surface area (Å²) in [4.78, 5) is 19.7. The van der Waals surface area contributed by atoms with Gasteiger partial charge in [-0.15, -0.1) is 5.10 Å². The van der Waals surface area contributed by atoms with Crippen molar-refractivity contribution in [2.75, 3.05) is 11.4 Å². The van der Waals surface area contributed by atoms with Crippen LogP contribution in [0.2, 0.25) is 0 Å². The van der Waals surface area contributed by atoms with E-state index in [2.05, 4.69) is 15.2 Å². The van der Waals surface area contributed by atoms with Crippen molar-refractivity contribution in [3.05, 3.63) is 95.1 Å². The van der Waals surface area contributed by atoms with Gasteiger partial charge in [-0.1, -0.05) is 36.4 Å². The van der Waals surface area contributed by atoms with Gasteiger partial charge in [0.25, 0.3) is 5.91 Å². The fraction of sp³-hybridized carbons (Fsp3) is 0.269. The fourth-order valence-corrected chi connectivity index (χ4v) is 5.24. The minimum absolute atomic E-state index is 0.0200. The third kappa shape index (κ3) is 3.51. The molecule has 172 valence electrons. The molecule has 0 saturated carbocycles. The summed E-state index contributed by atoms with van der Waals surface area (Å²) in [6.07, 6.45) is 3.20. The number of hydrogen-bond donors (Lipinski definition) is 2. The first-order valence-electron chi connectivity index (χ1n) is 11.5. The van der Waals surface area contributed by atoms with Crippen molar-refractivity contribution >= 4 is 17.4 Å². The quantitative estimate of drug-likeness (QED) is 0.489. The third-order valence-electron chi connectivity index (χ3n) is 6.85. The first-order chi connectivity index (χ1) is 16.6. The lowest BCUT2D eigenvalue weighted by molar-refractivity contribution is 0.0851. The molecule has 7 nitrogen and oxygen atoms in total. The van der Waals surface area contributed by atoms with Crippen molar-refractivity contribution in [1.29, 1.82) is 0 Å². The van der Waals surface area contributed by atoms with E-state index in [1.165, 1.54) is 12.3 Å². The molecule has 1 amide bonds. The van der Waals surface area contributed by atoms with Gasteiger partial charge in [0.05, 0.1) is 24.4 Å². The molecule has 3 atom stereocenters. The van der Waals surface area contributed by atoms with Crippen LogP contribution in [-0.2, 0) is 6.42 Å². The van der Waals surface area contributed by atoms with Crippen LogP contribution in [0.15, 0.2) is 66.9 Å². The molecule has 4 aromatic rings. The van der Waals surface area contributed by atoms with Crippen molar-refractivity contribution in [2.24, 2.45) is 0 Å². The number of halogens is 1. The van der Waals surface area contributed by atoms with E-state index in [0.717, 1.165) is 36.1 Å². The Morgan fingerprint density at radius 2 is 2.00 bits per heavy atom. The van der Waals surface area contributed by atoms with Crippen LogP contribution in [0.3, 0.4) is 0 Å². The summed E-state index contributed by atoms with van der Waals surface area (Å²) >= 11 is 0. The maximum atomic E-state index is 13.8.